The molecule has 11 heavy (non-hydrogen) atoms. The highest BCUT2D eigenvalue weighted by molar-refractivity contribution is 5.83. The maximum atomic E-state index is 10.5. The predicted molar refractivity (Wildman–Crippen MR) is 45.7 cm³/mol. The maximum absolute atomic E-state index is 10.5. The number of hydrogen-bond donors (Lipinski definition) is 0. The van der Waals surface area contributed by atoms with Gasteiger partial charge in [-0.2, -0.15) is 0 Å². The molecule has 1 aliphatic heterocycles. The minimum Gasteiger partial charge on any atom is -0.296 e. The van der Waals surface area contributed by atoms with Crippen molar-refractivity contribution in [2.24, 2.45) is 10.4 Å². The molecular weight excluding hydrogens is 138 g/mol. The van der Waals surface area contributed by atoms with E-state index in [1.165, 1.54) is 0 Å². The predicted octanol–water partition coefficient (Wildman–Crippen LogP) is 1.96. The number of carbonyl (C=O) groups is 1. The van der Waals surface area contributed by atoms with Crippen LogP contribution in [0, 0.1) is 5.41 Å². The summed E-state index contributed by atoms with van der Waals surface area (Å²) >= 11 is 0. The molecule has 0 unspecified atom stereocenters. The summed E-state index contributed by atoms with van der Waals surface area (Å²) in [5.41, 5.74) is 1.84. The summed E-state index contributed by atoms with van der Waals surface area (Å²) < 4.78 is 0. The van der Waals surface area contributed by atoms with Crippen LogP contribution in [0.4, 0.5) is 0 Å². The zero-order chi connectivity index (χ0) is 8.48. The van der Waals surface area contributed by atoms with E-state index < -0.39 is 0 Å². The summed E-state index contributed by atoms with van der Waals surface area (Å²) in [6, 6.07) is 0. The highest BCUT2D eigenvalue weighted by Crippen LogP contribution is 2.32. The van der Waals surface area contributed by atoms with E-state index in [2.05, 4.69) is 25.8 Å². The first kappa shape index (κ1) is 8.18. The molecule has 60 valence electrons. The molecule has 0 aromatic rings. The zero-order valence-corrected chi connectivity index (χ0v) is 7.22. The molecule has 0 saturated heterocycles. The average Bonchev–Trinajstić information content (AvgIpc) is 2.31. The van der Waals surface area contributed by atoms with E-state index >= 15 is 0 Å². The molecule has 0 atom stereocenters. The second-order valence-electron chi connectivity index (χ2n) is 3.75. The van der Waals surface area contributed by atoms with Gasteiger partial charge in [0.25, 0.3) is 0 Å². The molecule has 0 N–H and O–H groups in total. The fourth-order valence-electron chi connectivity index (χ4n) is 1.21. The lowest BCUT2D eigenvalue weighted by atomic mass is 9.84. The van der Waals surface area contributed by atoms with E-state index in [1.807, 2.05) is 0 Å². The molecule has 0 saturated carbocycles. The summed E-state index contributed by atoms with van der Waals surface area (Å²) in [4.78, 5) is 14.5. The Kier molecular flexibility index (Phi) is 1.94. The lowest BCUT2D eigenvalue weighted by Crippen LogP contribution is -2.10. The van der Waals surface area contributed by atoms with Crippen molar-refractivity contribution in [1.82, 2.24) is 0 Å². The van der Waals surface area contributed by atoms with Crippen LogP contribution in [-0.4, -0.2) is 12.5 Å². The van der Waals surface area contributed by atoms with Gasteiger partial charge in [-0.05, 0) is 11.0 Å². The summed E-state index contributed by atoms with van der Waals surface area (Å²) in [5, 5.41) is 0. The van der Waals surface area contributed by atoms with Gasteiger partial charge in [-0.15, -0.1) is 0 Å². The summed E-state index contributed by atoms with van der Waals surface area (Å²) in [6.07, 6.45) is 3.46. The first-order chi connectivity index (χ1) is 5.05. The van der Waals surface area contributed by atoms with Crippen molar-refractivity contribution in [2.75, 3.05) is 0 Å². The van der Waals surface area contributed by atoms with Gasteiger partial charge in [-0.1, -0.05) is 20.8 Å². The molecule has 1 rings (SSSR count). The van der Waals surface area contributed by atoms with Gasteiger partial charge in [-0.3, -0.25) is 9.79 Å². The molecule has 0 radical (unpaired) electrons. The van der Waals surface area contributed by atoms with Gasteiger partial charge in [0.1, 0.15) is 5.70 Å². The fraction of sp³-hybridized carbons (Fsp3) is 0.556. The minimum absolute atomic E-state index is 0.0761. The number of aliphatic imine (C=N–C) groups is 1. The van der Waals surface area contributed by atoms with Crippen molar-refractivity contribution >= 4 is 12.5 Å². The summed E-state index contributed by atoms with van der Waals surface area (Å²) in [5.74, 6) is 0. The van der Waals surface area contributed by atoms with Crippen LogP contribution in [0.3, 0.4) is 0 Å². The van der Waals surface area contributed by atoms with Crippen LogP contribution in [-0.2, 0) is 4.79 Å². The Bertz CT molecular complexity index is 230. The number of allylic oxidation sites excluding steroid dienone is 2. The van der Waals surface area contributed by atoms with Gasteiger partial charge in [0.15, 0.2) is 6.29 Å². The van der Waals surface area contributed by atoms with Crippen LogP contribution in [0.15, 0.2) is 16.3 Å². The van der Waals surface area contributed by atoms with Gasteiger partial charge in [0.2, 0.25) is 0 Å². The molecule has 0 fully saturated rings. The minimum atomic E-state index is 0.0761. The van der Waals surface area contributed by atoms with E-state index in [1.54, 1.807) is 6.21 Å². The quantitative estimate of drug-likeness (QED) is 0.527. The third kappa shape index (κ3) is 1.56. The van der Waals surface area contributed by atoms with Gasteiger partial charge in [0, 0.05) is 12.6 Å². The Balaban J connectivity index is 2.97. The first-order valence-corrected chi connectivity index (χ1v) is 3.77. The molecule has 0 spiro atoms. The van der Waals surface area contributed by atoms with E-state index in [4.69, 9.17) is 0 Å². The topological polar surface area (TPSA) is 29.4 Å². The number of hydrogen-bond acceptors (Lipinski definition) is 2. The van der Waals surface area contributed by atoms with Crippen molar-refractivity contribution in [1.29, 1.82) is 0 Å². The molecule has 2 heteroatoms. The monoisotopic (exact) mass is 151 g/mol. The summed E-state index contributed by atoms with van der Waals surface area (Å²) in [6.45, 7) is 6.29. The fourth-order valence-corrected chi connectivity index (χ4v) is 1.21. The number of rotatable bonds is 1. The second-order valence-corrected chi connectivity index (χ2v) is 3.75. The van der Waals surface area contributed by atoms with Crippen molar-refractivity contribution in [3.8, 4) is 0 Å². The molecule has 0 bridgehead atoms. The largest absolute Gasteiger partial charge is 0.296 e. The number of aldehydes is 1. The highest BCUT2D eigenvalue weighted by Gasteiger charge is 2.22. The first-order valence-electron chi connectivity index (χ1n) is 3.77. The van der Waals surface area contributed by atoms with Crippen LogP contribution in [0.25, 0.3) is 0 Å². The second kappa shape index (κ2) is 2.61. The standard InChI is InChI=1S/C9H13NO/c1-9(2,3)7-4-5-10-8(7)6-11/h5-6H,4H2,1-3H3. The lowest BCUT2D eigenvalue weighted by molar-refractivity contribution is -0.105. The highest BCUT2D eigenvalue weighted by atomic mass is 16.1. The normalized spacial score (nSPS) is 17.7. The average molecular weight is 151 g/mol. The molecule has 0 amide bonds. The van der Waals surface area contributed by atoms with Crippen molar-refractivity contribution in [3.63, 3.8) is 0 Å². The van der Waals surface area contributed by atoms with Crippen LogP contribution in [0.5, 0.6) is 0 Å². The van der Waals surface area contributed by atoms with E-state index in [0.29, 0.717) is 5.70 Å². The van der Waals surface area contributed by atoms with Gasteiger partial charge < -0.3 is 0 Å². The van der Waals surface area contributed by atoms with E-state index in [0.717, 1.165) is 18.3 Å². The Morgan fingerprint density at radius 3 is 2.55 bits per heavy atom. The Labute approximate surface area is 67.0 Å². The molecule has 0 aromatic heterocycles. The maximum Gasteiger partial charge on any atom is 0.168 e. The molecule has 1 heterocycles. The van der Waals surface area contributed by atoms with E-state index in [-0.39, 0.29) is 5.41 Å². The Hall–Kier alpha value is -0.920. The number of carbonyl (C=O) groups excluding carboxylic acids is 1. The Morgan fingerprint density at radius 1 is 1.55 bits per heavy atom. The van der Waals surface area contributed by atoms with Crippen LogP contribution in [0.2, 0.25) is 0 Å². The van der Waals surface area contributed by atoms with Crippen LogP contribution in [0.1, 0.15) is 27.2 Å². The van der Waals surface area contributed by atoms with Crippen molar-refractivity contribution < 1.29 is 4.79 Å². The zero-order valence-electron chi connectivity index (χ0n) is 7.22. The van der Waals surface area contributed by atoms with Gasteiger partial charge in [0.05, 0.1) is 0 Å². The SMILES string of the molecule is CC(C)(C)C1=C(C=O)N=CC1. The lowest BCUT2D eigenvalue weighted by Gasteiger charge is -2.19. The van der Waals surface area contributed by atoms with Gasteiger partial charge in [-0.25, -0.2) is 0 Å². The van der Waals surface area contributed by atoms with Crippen molar-refractivity contribution in [3.05, 3.63) is 11.3 Å². The number of nitrogens with zero attached hydrogens (tertiary/aromatic N) is 1. The van der Waals surface area contributed by atoms with Crippen LogP contribution < -0.4 is 0 Å². The van der Waals surface area contributed by atoms with Crippen LogP contribution >= 0.6 is 0 Å². The smallest absolute Gasteiger partial charge is 0.168 e. The molecule has 2 nitrogen and oxygen atoms in total. The molecule has 0 aliphatic carbocycles. The Morgan fingerprint density at radius 2 is 2.18 bits per heavy atom. The van der Waals surface area contributed by atoms with Crippen molar-refractivity contribution in [2.45, 2.75) is 27.2 Å². The summed E-state index contributed by atoms with van der Waals surface area (Å²) in [7, 11) is 0. The third-order valence-electron chi connectivity index (χ3n) is 1.85. The van der Waals surface area contributed by atoms with Gasteiger partial charge >= 0.3 is 0 Å². The van der Waals surface area contributed by atoms with E-state index in [9.17, 15) is 4.79 Å². The third-order valence-corrected chi connectivity index (χ3v) is 1.85. The molecule has 0 aromatic carbocycles. The molecular formula is C9H13NO. The molecule has 1 aliphatic rings.